The summed E-state index contributed by atoms with van der Waals surface area (Å²) in [6.07, 6.45) is 6.98. The van der Waals surface area contributed by atoms with Gasteiger partial charge >= 0.3 is 0 Å². The molecule has 0 aromatic rings. The van der Waals surface area contributed by atoms with Crippen molar-refractivity contribution in [3.05, 3.63) is 0 Å². The highest BCUT2D eigenvalue weighted by Crippen LogP contribution is 2.12. The van der Waals surface area contributed by atoms with Crippen molar-refractivity contribution >= 4 is 23.5 Å². The van der Waals surface area contributed by atoms with Gasteiger partial charge in [-0.1, -0.05) is 12.8 Å². The Morgan fingerprint density at radius 1 is 0.650 bits per heavy atom. The van der Waals surface area contributed by atoms with Crippen molar-refractivity contribution in [3.8, 4) is 0 Å². The highest BCUT2D eigenvalue weighted by atomic mass is 32.2. The van der Waals surface area contributed by atoms with Gasteiger partial charge in [0.2, 0.25) is 0 Å². The molecule has 0 amide bonds. The molecule has 0 saturated carbocycles. The number of rotatable bonds is 15. The van der Waals surface area contributed by atoms with Gasteiger partial charge in [-0.3, -0.25) is 0 Å². The summed E-state index contributed by atoms with van der Waals surface area (Å²) in [7, 11) is 0. The van der Waals surface area contributed by atoms with Crippen LogP contribution in [0.1, 0.15) is 38.5 Å². The smallest absolute Gasteiger partial charge is 0.0582 e. The maximum Gasteiger partial charge on any atom is 0.0582 e. The first kappa shape index (κ1) is 20.5. The van der Waals surface area contributed by atoms with E-state index in [1.54, 1.807) is 0 Å². The van der Waals surface area contributed by atoms with E-state index in [-0.39, 0.29) is 25.3 Å². The van der Waals surface area contributed by atoms with E-state index in [9.17, 15) is 0 Å². The second-order valence-electron chi connectivity index (χ2n) is 5.10. The van der Waals surface area contributed by atoms with Gasteiger partial charge in [-0.25, -0.2) is 0 Å². The first-order valence-electron chi connectivity index (χ1n) is 7.59. The zero-order chi connectivity index (χ0) is 15.1. The zero-order valence-corrected chi connectivity index (χ0v) is 14.1. The van der Waals surface area contributed by atoms with Crippen LogP contribution in [-0.4, -0.2) is 58.5 Å². The van der Waals surface area contributed by atoms with Crippen LogP contribution in [0.15, 0.2) is 0 Å². The molecule has 6 heteroatoms. The number of hydrogen-bond donors (Lipinski definition) is 4. The normalized spacial score (nSPS) is 14.4. The molecule has 0 aliphatic rings. The molecule has 20 heavy (non-hydrogen) atoms. The van der Waals surface area contributed by atoms with Gasteiger partial charge < -0.3 is 21.7 Å². The van der Waals surface area contributed by atoms with Crippen LogP contribution in [0.5, 0.6) is 0 Å². The van der Waals surface area contributed by atoms with Crippen molar-refractivity contribution in [2.75, 3.05) is 36.2 Å². The fraction of sp³-hybridized carbons (Fsp3) is 1.00. The fourth-order valence-electron chi connectivity index (χ4n) is 1.62. The topological polar surface area (TPSA) is 92.5 Å². The molecular weight excluding hydrogens is 292 g/mol. The van der Waals surface area contributed by atoms with E-state index in [0.29, 0.717) is 0 Å². The minimum Gasteiger partial charge on any atom is -0.395 e. The van der Waals surface area contributed by atoms with Crippen LogP contribution in [0.25, 0.3) is 0 Å². The second-order valence-corrected chi connectivity index (χ2v) is 7.55. The van der Waals surface area contributed by atoms with Crippen LogP contribution < -0.4 is 11.5 Å². The molecule has 0 spiro atoms. The van der Waals surface area contributed by atoms with E-state index in [1.165, 1.54) is 37.2 Å². The van der Waals surface area contributed by atoms with Crippen LogP contribution in [-0.2, 0) is 0 Å². The lowest BCUT2D eigenvalue weighted by Gasteiger charge is -2.07. The summed E-state index contributed by atoms with van der Waals surface area (Å²) in [6.45, 7) is 0.197. The molecule has 0 aromatic carbocycles. The maximum absolute atomic E-state index is 8.78. The average molecular weight is 325 g/mol. The average Bonchev–Trinajstić information content (AvgIpc) is 2.47. The molecule has 0 fully saturated rings. The highest BCUT2D eigenvalue weighted by Gasteiger charge is 2.00. The number of aliphatic hydroxyl groups excluding tert-OH is 2. The van der Waals surface area contributed by atoms with Gasteiger partial charge in [0.25, 0.3) is 0 Å². The van der Waals surface area contributed by atoms with Crippen molar-refractivity contribution < 1.29 is 10.2 Å². The summed E-state index contributed by atoms with van der Waals surface area (Å²) in [5.74, 6) is 4.53. The molecule has 6 N–H and O–H groups in total. The van der Waals surface area contributed by atoms with Gasteiger partial charge in [0.05, 0.1) is 13.2 Å². The Morgan fingerprint density at radius 3 is 1.40 bits per heavy atom. The van der Waals surface area contributed by atoms with Gasteiger partial charge in [-0.05, 0) is 48.7 Å². The van der Waals surface area contributed by atoms with Crippen LogP contribution in [0.4, 0.5) is 0 Å². The molecule has 122 valence electrons. The number of nitrogens with two attached hydrogens (primary N) is 2. The molecule has 0 saturated heterocycles. The molecular formula is C14H32N2O2S2. The molecule has 0 bridgehead atoms. The third kappa shape index (κ3) is 14.9. The van der Waals surface area contributed by atoms with Crippen molar-refractivity contribution in [1.82, 2.24) is 0 Å². The van der Waals surface area contributed by atoms with Crippen LogP contribution in [0.2, 0.25) is 0 Å². The molecule has 2 atom stereocenters. The van der Waals surface area contributed by atoms with Crippen LogP contribution in [0.3, 0.4) is 0 Å². The molecule has 0 aliphatic carbocycles. The van der Waals surface area contributed by atoms with E-state index < -0.39 is 0 Å². The molecule has 0 radical (unpaired) electrons. The first-order chi connectivity index (χ1) is 9.70. The van der Waals surface area contributed by atoms with Gasteiger partial charge in [-0.15, -0.1) is 0 Å². The quantitative estimate of drug-likeness (QED) is 0.341. The van der Waals surface area contributed by atoms with Crippen LogP contribution >= 0.6 is 23.5 Å². The first-order valence-corrected chi connectivity index (χ1v) is 9.90. The van der Waals surface area contributed by atoms with Gasteiger partial charge in [0.15, 0.2) is 0 Å². The van der Waals surface area contributed by atoms with Crippen molar-refractivity contribution in [3.63, 3.8) is 0 Å². The van der Waals surface area contributed by atoms with Gasteiger partial charge in [0.1, 0.15) is 0 Å². The molecule has 0 aliphatic heterocycles. The second kappa shape index (κ2) is 15.9. The standard InChI is InChI=1S/C14H32N2O2S2/c15-13(11-17)5-9-19-7-3-1-2-4-8-20-10-6-14(16)12-18/h13-14,17-18H,1-12,15-16H2. The number of hydrogen-bond acceptors (Lipinski definition) is 6. The van der Waals surface area contributed by atoms with Gasteiger partial charge in [-0.2, -0.15) is 23.5 Å². The monoisotopic (exact) mass is 324 g/mol. The molecule has 0 rings (SSSR count). The van der Waals surface area contributed by atoms with E-state index in [0.717, 1.165) is 24.3 Å². The van der Waals surface area contributed by atoms with E-state index in [1.807, 2.05) is 23.5 Å². The summed E-state index contributed by atoms with van der Waals surface area (Å²) in [5, 5.41) is 17.6. The lowest BCUT2D eigenvalue weighted by atomic mass is 10.2. The Labute approximate surface area is 132 Å². The van der Waals surface area contributed by atoms with E-state index in [4.69, 9.17) is 21.7 Å². The van der Waals surface area contributed by atoms with Crippen molar-refractivity contribution in [2.24, 2.45) is 11.5 Å². The third-order valence-corrected chi connectivity index (χ3v) is 5.27. The lowest BCUT2D eigenvalue weighted by molar-refractivity contribution is 0.263. The molecule has 4 nitrogen and oxygen atoms in total. The largest absolute Gasteiger partial charge is 0.395 e. The zero-order valence-electron chi connectivity index (χ0n) is 12.5. The summed E-state index contributed by atoms with van der Waals surface area (Å²) >= 11 is 3.88. The fourth-order valence-corrected chi connectivity index (χ4v) is 3.78. The van der Waals surface area contributed by atoms with E-state index >= 15 is 0 Å². The molecule has 0 aromatic heterocycles. The summed E-state index contributed by atoms with van der Waals surface area (Å²) in [4.78, 5) is 0. The minimum absolute atomic E-state index is 0.0431. The predicted molar refractivity (Wildman–Crippen MR) is 92.5 cm³/mol. The number of thioether (sulfide) groups is 2. The summed E-state index contributed by atoms with van der Waals surface area (Å²) < 4.78 is 0. The summed E-state index contributed by atoms with van der Waals surface area (Å²) in [6, 6.07) is -0.0862. The molecule has 2 unspecified atom stereocenters. The minimum atomic E-state index is -0.0431. The predicted octanol–water partition coefficient (Wildman–Crippen LogP) is 1.43. The maximum atomic E-state index is 8.78. The number of unbranched alkanes of at least 4 members (excludes halogenated alkanes) is 3. The van der Waals surface area contributed by atoms with Crippen molar-refractivity contribution in [1.29, 1.82) is 0 Å². The summed E-state index contributed by atoms with van der Waals surface area (Å²) in [5.41, 5.74) is 11.3. The van der Waals surface area contributed by atoms with Gasteiger partial charge in [0, 0.05) is 12.1 Å². The van der Waals surface area contributed by atoms with Crippen molar-refractivity contribution in [2.45, 2.75) is 50.6 Å². The Bertz CT molecular complexity index is 180. The Morgan fingerprint density at radius 2 is 1.05 bits per heavy atom. The SMILES string of the molecule is NC(CO)CCSCCCCCCSCCC(N)CO. The third-order valence-electron chi connectivity index (χ3n) is 3.06. The number of aliphatic hydroxyl groups is 2. The highest BCUT2D eigenvalue weighted by molar-refractivity contribution is 7.99. The Hall–Kier alpha value is 0.540. The molecule has 0 heterocycles. The Kier molecular flexibility index (Phi) is 16.3. The van der Waals surface area contributed by atoms with E-state index in [2.05, 4.69) is 0 Å². The lowest BCUT2D eigenvalue weighted by Crippen LogP contribution is -2.24. The Balaban J connectivity index is 3.03. The van der Waals surface area contributed by atoms with Crippen LogP contribution in [0, 0.1) is 0 Å².